The Bertz CT molecular complexity index is 925. The van der Waals surface area contributed by atoms with Crippen LogP contribution in [0.2, 0.25) is 0 Å². The predicted octanol–water partition coefficient (Wildman–Crippen LogP) is 1.36. The summed E-state index contributed by atoms with van der Waals surface area (Å²) in [5, 5.41) is 0. The number of rotatable bonds is 1. The van der Waals surface area contributed by atoms with Gasteiger partial charge in [-0.3, -0.25) is 4.79 Å². The second-order valence-corrected chi connectivity index (χ2v) is 9.81. The molecule has 148 valence electrons. The van der Waals surface area contributed by atoms with Crippen molar-refractivity contribution in [1.82, 2.24) is 0 Å². The molecule has 2 fully saturated rings. The van der Waals surface area contributed by atoms with E-state index in [4.69, 9.17) is 9.47 Å². The van der Waals surface area contributed by atoms with Crippen LogP contribution in [0.3, 0.4) is 0 Å². The Kier molecular flexibility index (Phi) is 3.27. The van der Waals surface area contributed by atoms with Crippen LogP contribution >= 0.6 is 0 Å². The van der Waals surface area contributed by atoms with E-state index in [2.05, 4.69) is 13.8 Å². The van der Waals surface area contributed by atoms with Crippen LogP contribution in [0.4, 0.5) is 0 Å². The molecule has 2 bridgehead atoms. The van der Waals surface area contributed by atoms with E-state index >= 15 is 0 Å². The summed E-state index contributed by atoms with van der Waals surface area (Å²) < 4.78 is 11.3. The Morgan fingerprint density at radius 2 is 2.07 bits per heavy atom. The smallest absolute Gasteiger partial charge is 0.338 e. The van der Waals surface area contributed by atoms with Gasteiger partial charge >= 0.3 is 5.97 Å². The minimum absolute atomic E-state index is 0.0177. The molecule has 0 spiro atoms. The van der Waals surface area contributed by atoms with E-state index in [0.29, 0.717) is 42.1 Å². The third-order valence-electron chi connectivity index (χ3n) is 8.83. The van der Waals surface area contributed by atoms with Crippen molar-refractivity contribution in [3.05, 3.63) is 33.6 Å². The Labute approximate surface area is 165 Å². The number of ketones is 1. The van der Waals surface area contributed by atoms with Gasteiger partial charge in [-0.25, -0.2) is 4.79 Å². The van der Waals surface area contributed by atoms with Crippen LogP contribution in [-0.4, -0.2) is 44.6 Å². The number of piperidine rings is 1. The highest BCUT2D eigenvalue weighted by Crippen LogP contribution is 2.61. The van der Waals surface area contributed by atoms with E-state index < -0.39 is 0 Å². The van der Waals surface area contributed by atoms with E-state index in [1.54, 1.807) is 4.90 Å². The monoisotopic (exact) mass is 382 g/mol. The maximum absolute atomic E-state index is 13.9. The molecule has 6 atom stereocenters. The average molecular weight is 382 g/mol. The minimum atomic E-state index is -0.348. The topological polar surface area (TPSA) is 57.0 Å². The number of carbonyl (C=O) groups excluding carboxylic acids is 2. The number of hydrogen-bond donors (Lipinski definition) is 1. The van der Waals surface area contributed by atoms with E-state index in [-0.39, 0.29) is 23.1 Å². The normalized spacial score (nSPS) is 43.1. The van der Waals surface area contributed by atoms with Gasteiger partial charge in [0.25, 0.3) is 0 Å². The first-order valence-corrected chi connectivity index (χ1v) is 10.8. The molecule has 6 rings (SSSR count). The molecule has 0 radical (unpaired) electrons. The van der Waals surface area contributed by atoms with E-state index in [9.17, 15) is 9.59 Å². The van der Waals surface area contributed by atoms with Gasteiger partial charge in [0, 0.05) is 48.2 Å². The van der Waals surface area contributed by atoms with Crippen LogP contribution in [-0.2, 0) is 19.1 Å². The molecule has 1 N–H and O–H groups in total. The average Bonchev–Trinajstić information content (AvgIpc) is 3.11. The first-order valence-electron chi connectivity index (χ1n) is 10.8. The molecular formula is C23H28NO4+. The molecule has 3 aliphatic carbocycles. The highest BCUT2D eigenvalue weighted by molar-refractivity contribution is 6.15. The lowest BCUT2D eigenvalue weighted by Crippen LogP contribution is -3.16. The fourth-order valence-electron chi connectivity index (χ4n) is 7.59. The Hall–Kier alpha value is -1.88. The van der Waals surface area contributed by atoms with Gasteiger partial charge in [-0.2, -0.15) is 0 Å². The molecule has 5 heteroatoms. The summed E-state index contributed by atoms with van der Waals surface area (Å²) in [6.45, 7) is 7.44. The number of carbonyl (C=O) groups is 2. The molecule has 3 aliphatic heterocycles. The third-order valence-corrected chi connectivity index (χ3v) is 8.83. The van der Waals surface area contributed by atoms with Gasteiger partial charge in [0.1, 0.15) is 5.76 Å². The largest absolute Gasteiger partial charge is 0.497 e. The molecule has 28 heavy (non-hydrogen) atoms. The molecule has 0 aromatic rings. The lowest BCUT2D eigenvalue weighted by atomic mass is 9.65. The molecular weight excluding hydrogens is 354 g/mol. The zero-order chi connectivity index (χ0) is 19.4. The first-order chi connectivity index (χ1) is 13.5. The minimum Gasteiger partial charge on any atom is -0.497 e. The Balaban J connectivity index is 1.71. The van der Waals surface area contributed by atoms with Crippen LogP contribution in [0.15, 0.2) is 33.6 Å². The van der Waals surface area contributed by atoms with Gasteiger partial charge < -0.3 is 14.4 Å². The summed E-state index contributed by atoms with van der Waals surface area (Å²) in [6.07, 6.45) is 3.66. The van der Waals surface area contributed by atoms with Crippen LogP contribution in [0, 0.1) is 23.2 Å². The summed E-state index contributed by atoms with van der Waals surface area (Å²) >= 11 is 0. The number of ether oxygens (including phenoxy) is 2. The summed E-state index contributed by atoms with van der Waals surface area (Å²) in [5.41, 5.74) is 4.50. The van der Waals surface area contributed by atoms with Gasteiger partial charge in [-0.1, -0.05) is 6.92 Å². The number of quaternary nitrogens is 1. The summed E-state index contributed by atoms with van der Waals surface area (Å²) in [4.78, 5) is 28.5. The van der Waals surface area contributed by atoms with Gasteiger partial charge in [0.2, 0.25) is 0 Å². The molecule has 2 saturated heterocycles. The zero-order valence-corrected chi connectivity index (χ0v) is 16.9. The fraction of sp³-hybridized carbons (Fsp3) is 0.652. The fourth-order valence-corrected chi connectivity index (χ4v) is 7.59. The maximum atomic E-state index is 13.9. The van der Waals surface area contributed by atoms with Gasteiger partial charge in [0.15, 0.2) is 5.78 Å². The van der Waals surface area contributed by atoms with E-state index in [1.807, 2.05) is 0 Å². The van der Waals surface area contributed by atoms with Crippen molar-refractivity contribution < 1.29 is 24.0 Å². The van der Waals surface area contributed by atoms with Crippen molar-refractivity contribution in [3.8, 4) is 0 Å². The summed E-state index contributed by atoms with van der Waals surface area (Å²) in [6, 6.07) is 0.460. The highest BCUT2D eigenvalue weighted by atomic mass is 16.5. The SMILES string of the molecule is COC(=O)C1=C2CCOC3=C2C2=C1C(=O)[C@@H]1CC4[NH+](C[C@@H](CC3)[C@@]24C)C[C@H]1C. The van der Waals surface area contributed by atoms with Gasteiger partial charge in [-0.05, 0) is 24.5 Å². The highest BCUT2D eigenvalue weighted by Gasteiger charge is 2.66. The molecule has 0 amide bonds. The first kappa shape index (κ1) is 17.0. The van der Waals surface area contributed by atoms with Crippen molar-refractivity contribution in [2.24, 2.45) is 23.2 Å². The summed E-state index contributed by atoms with van der Waals surface area (Å²) in [5.74, 6) is 1.75. The lowest BCUT2D eigenvalue weighted by molar-refractivity contribution is -0.926. The Morgan fingerprint density at radius 1 is 1.25 bits per heavy atom. The maximum Gasteiger partial charge on any atom is 0.338 e. The van der Waals surface area contributed by atoms with E-state index in [1.165, 1.54) is 13.7 Å². The van der Waals surface area contributed by atoms with Crippen molar-refractivity contribution >= 4 is 11.8 Å². The number of Topliss-reactive ketones (excluding diaryl/α,β-unsaturated/α-hetero) is 1. The predicted molar refractivity (Wildman–Crippen MR) is 101 cm³/mol. The quantitative estimate of drug-likeness (QED) is 0.696. The van der Waals surface area contributed by atoms with Crippen molar-refractivity contribution in [2.75, 3.05) is 26.8 Å². The van der Waals surface area contributed by atoms with Crippen LogP contribution in [0.1, 0.15) is 39.5 Å². The number of hydrogen-bond acceptors (Lipinski definition) is 4. The van der Waals surface area contributed by atoms with E-state index in [0.717, 1.165) is 48.3 Å². The number of methoxy groups -OCH3 is 1. The second-order valence-electron chi connectivity index (χ2n) is 9.81. The second kappa shape index (κ2) is 5.38. The van der Waals surface area contributed by atoms with Gasteiger partial charge in [0.05, 0.1) is 43.8 Å². The number of fused-ring (bicyclic) bond motifs is 1. The van der Waals surface area contributed by atoms with Crippen molar-refractivity contribution in [3.63, 3.8) is 0 Å². The van der Waals surface area contributed by atoms with Crippen LogP contribution in [0.25, 0.3) is 0 Å². The van der Waals surface area contributed by atoms with Crippen molar-refractivity contribution in [1.29, 1.82) is 0 Å². The molecule has 0 aromatic carbocycles. The van der Waals surface area contributed by atoms with Crippen LogP contribution < -0.4 is 4.90 Å². The van der Waals surface area contributed by atoms with Crippen molar-refractivity contribution in [2.45, 2.75) is 45.6 Å². The van der Waals surface area contributed by atoms with Gasteiger partial charge in [-0.15, -0.1) is 0 Å². The summed E-state index contributed by atoms with van der Waals surface area (Å²) in [7, 11) is 1.43. The Morgan fingerprint density at radius 3 is 2.86 bits per heavy atom. The number of allylic oxidation sites excluding steroid dienone is 2. The molecule has 5 nitrogen and oxygen atoms in total. The standard InChI is InChI=1S/C23H27NO4/c1-11-9-24-10-12-4-5-15-17-13(6-7-28-15)18(22(26)27-3)19-20(17)23(12,2)16(24)8-14(11)21(19)25/h11-12,14,16H,4-10H2,1-3H3/p+1/t11-,12-,14-,16?,23-/m1/s1. The molecule has 0 saturated carbocycles. The lowest BCUT2D eigenvalue weighted by Gasteiger charge is -2.40. The zero-order valence-electron chi connectivity index (χ0n) is 16.9. The third kappa shape index (κ3) is 1.78. The molecule has 0 aromatic heterocycles. The molecule has 6 aliphatic rings. The number of nitrogens with one attached hydrogen (secondary N) is 1. The van der Waals surface area contributed by atoms with Crippen LogP contribution in [0.5, 0.6) is 0 Å². The number of esters is 1. The molecule has 2 unspecified atom stereocenters. The molecule has 3 heterocycles.